The summed E-state index contributed by atoms with van der Waals surface area (Å²) in [5.41, 5.74) is 9.46. The highest BCUT2D eigenvalue weighted by Crippen LogP contribution is 2.27. The zero-order valence-corrected chi connectivity index (χ0v) is 15.4. The van der Waals surface area contributed by atoms with Gasteiger partial charge < -0.3 is 15.7 Å². The van der Waals surface area contributed by atoms with Gasteiger partial charge in [-0.25, -0.2) is 24.4 Å². The number of hydrogen-bond donors (Lipinski definition) is 2. The maximum Gasteiger partial charge on any atom is 0.375 e. The second-order valence-corrected chi connectivity index (χ2v) is 6.95. The van der Waals surface area contributed by atoms with E-state index in [-0.39, 0.29) is 11.9 Å². The molecule has 3 aromatic heterocycles. The van der Waals surface area contributed by atoms with Gasteiger partial charge in [0.05, 0.1) is 17.6 Å². The molecule has 29 heavy (non-hydrogen) atoms. The van der Waals surface area contributed by atoms with Gasteiger partial charge in [-0.3, -0.25) is 4.40 Å². The summed E-state index contributed by atoms with van der Waals surface area (Å²) >= 11 is 0. The Bertz CT molecular complexity index is 1200. The number of carboxylic acid groups (broad SMARTS) is 1. The highest BCUT2D eigenvalue weighted by Gasteiger charge is 2.23. The summed E-state index contributed by atoms with van der Waals surface area (Å²) in [6.07, 6.45) is 7.81. The molecule has 0 unspecified atom stereocenters. The van der Waals surface area contributed by atoms with Gasteiger partial charge in [0.2, 0.25) is 0 Å². The normalized spacial score (nSPS) is 16.6. The van der Waals surface area contributed by atoms with Crippen molar-refractivity contribution in [2.75, 3.05) is 18.0 Å². The van der Waals surface area contributed by atoms with E-state index in [1.807, 2.05) is 41.1 Å². The number of fused-ring (bicyclic) bond motifs is 1. The van der Waals surface area contributed by atoms with Gasteiger partial charge >= 0.3 is 5.97 Å². The number of benzene rings is 1. The third-order valence-corrected chi connectivity index (χ3v) is 5.04. The van der Waals surface area contributed by atoms with Gasteiger partial charge in [-0.15, -0.1) is 5.10 Å². The smallest absolute Gasteiger partial charge is 0.375 e. The molecular formula is C19H18N8O2. The lowest BCUT2D eigenvalue weighted by molar-refractivity contribution is 0.0683. The zero-order chi connectivity index (χ0) is 20.0. The molecule has 1 aliphatic rings. The second kappa shape index (κ2) is 6.67. The minimum Gasteiger partial charge on any atom is -0.475 e. The number of rotatable bonds is 4. The first-order valence-electron chi connectivity index (χ1n) is 9.18. The van der Waals surface area contributed by atoms with Crippen LogP contribution >= 0.6 is 0 Å². The largest absolute Gasteiger partial charge is 0.475 e. The van der Waals surface area contributed by atoms with Gasteiger partial charge in [0.15, 0.2) is 11.5 Å². The Balaban J connectivity index is 1.48. The summed E-state index contributed by atoms with van der Waals surface area (Å²) in [4.78, 5) is 26.0. The van der Waals surface area contributed by atoms with Gasteiger partial charge in [0.25, 0.3) is 5.82 Å². The van der Waals surface area contributed by atoms with Crippen molar-refractivity contribution in [3.63, 3.8) is 0 Å². The van der Waals surface area contributed by atoms with Crippen LogP contribution in [0.1, 0.15) is 17.0 Å². The van der Waals surface area contributed by atoms with Gasteiger partial charge in [-0.05, 0) is 18.6 Å². The minimum atomic E-state index is -1.16. The lowest BCUT2D eigenvalue weighted by Crippen LogP contribution is -2.27. The molecule has 0 aliphatic carbocycles. The molecule has 0 saturated carbocycles. The molecule has 1 atom stereocenters. The van der Waals surface area contributed by atoms with E-state index in [9.17, 15) is 4.79 Å². The van der Waals surface area contributed by atoms with Crippen molar-refractivity contribution in [3.05, 3.63) is 55.0 Å². The molecule has 10 heteroatoms. The Morgan fingerprint density at radius 3 is 2.69 bits per heavy atom. The Morgan fingerprint density at radius 1 is 1.17 bits per heavy atom. The average Bonchev–Trinajstić information content (AvgIpc) is 3.47. The van der Waals surface area contributed by atoms with Crippen LogP contribution in [-0.2, 0) is 0 Å². The topological polar surface area (TPSA) is 127 Å². The van der Waals surface area contributed by atoms with E-state index < -0.39 is 5.97 Å². The molecule has 0 radical (unpaired) electrons. The highest BCUT2D eigenvalue weighted by molar-refractivity contribution is 5.82. The van der Waals surface area contributed by atoms with Crippen LogP contribution < -0.4 is 10.6 Å². The van der Waals surface area contributed by atoms with E-state index in [0.29, 0.717) is 0 Å². The number of nitrogens with two attached hydrogens (primary N) is 1. The Morgan fingerprint density at radius 2 is 2.00 bits per heavy atom. The van der Waals surface area contributed by atoms with Gasteiger partial charge in [0.1, 0.15) is 6.33 Å². The monoisotopic (exact) mass is 390 g/mol. The summed E-state index contributed by atoms with van der Waals surface area (Å²) in [5, 5.41) is 12.9. The summed E-state index contributed by atoms with van der Waals surface area (Å²) in [6, 6.07) is 7.75. The highest BCUT2D eigenvalue weighted by atomic mass is 16.4. The van der Waals surface area contributed by atoms with Gasteiger partial charge in [0, 0.05) is 37.1 Å². The molecule has 4 heterocycles. The molecule has 0 spiro atoms. The molecule has 3 N–H and O–H groups in total. The first-order chi connectivity index (χ1) is 14.1. The number of aromatic nitrogens is 6. The van der Waals surface area contributed by atoms with E-state index in [4.69, 9.17) is 10.8 Å². The molecule has 0 bridgehead atoms. The maximum atomic E-state index is 11.0. The number of aromatic carboxylic acids is 1. The molecule has 4 aromatic rings. The molecule has 1 fully saturated rings. The fraction of sp³-hybridized carbons (Fsp3) is 0.211. The Hall–Kier alpha value is -3.79. The molecule has 1 aromatic carbocycles. The van der Waals surface area contributed by atoms with Crippen LogP contribution in [-0.4, -0.2) is 59.3 Å². The van der Waals surface area contributed by atoms with E-state index in [1.54, 1.807) is 6.20 Å². The molecule has 1 saturated heterocycles. The molecule has 146 valence electrons. The predicted octanol–water partition coefficient (Wildman–Crippen LogP) is 1.21. The summed E-state index contributed by atoms with van der Waals surface area (Å²) in [6.45, 7) is 1.65. The van der Waals surface area contributed by atoms with Crippen LogP contribution in [0.25, 0.3) is 22.6 Å². The third-order valence-electron chi connectivity index (χ3n) is 5.04. The number of anilines is 1. The molecular weight excluding hydrogens is 372 g/mol. The molecule has 1 aliphatic heterocycles. The quantitative estimate of drug-likeness (QED) is 0.532. The first-order valence-corrected chi connectivity index (χ1v) is 9.18. The van der Waals surface area contributed by atoms with Crippen LogP contribution in [0.3, 0.4) is 0 Å². The van der Waals surface area contributed by atoms with E-state index >= 15 is 0 Å². The number of carbonyl (C=O) groups is 1. The van der Waals surface area contributed by atoms with E-state index in [2.05, 4.69) is 25.0 Å². The van der Waals surface area contributed by atoms with Gasteiger partial charge in [-0.1, -0.05) is 12.1 Å². The van der Waals surface area contributed by atoms with Gasteiger partial charge in [-0.2, -0.15) is 0 Å². The Kier molecular flexibility index (Phi) is 3.98. The maximum absolute atomic E-state index is 11.0. The van der Waals surface area contributed by atoms with Crippen LogP contribution in [0.15, 0.2) is 49.2 Å². The van der Waals surface area contributed by atoms with Crippen molar-refractivity contribution in [2.45, 2.75) is 12.5 Å². The zero-order valence-electron chi connectivity index (χ0n) is 15.4. The van der Waals surface area contributed by atoms with Crippen LogP contribution in [0.4, 0.5) is 5.82 Å². The SMILES string of the molecule is N[C@H]1CCN(c2nccn3c(-c4ccc(-n5cnc(C(=O)O)n5)cc4)cnc23)C1. The minimum absolute atomic E-state index is 0.164. The fourth-order valence-corrected chi connectivity index (χ4v) is 3.59. The number of carboxylic acids is 1. The molecule has 0 amide bonds. The number of hydrogen-bond acceptors (Lipinski definition) is 7. The van der Waals surface area contributed by atoms with Crippen molar-refractivity contribution >= 4 is 17.4 Å². The summed E-state index contributed by atoms with van der Waals surface area (Å²) in [7, 11) is 0. The third kappa shape index (κ3) is 2.99. The Labute approximate surface area is 165 Å². The second-order valence-electron chi connectivity index (χ2n) is 6.95. The molecule has 10 nitrogen and oxygen atoms in total. The lowest BCUT2D eigenvalue weighted by atomic mass is 10.1. The number of imidazole rings is 1. The average molecular weight is 390 g/mol. The van der Waals surface area contributed by atoms with Crippen molar-refractivity contribution in [1.29, 1.82) is 0 Å². The number of nitrogens with zero attached hydrogens (tertiary/aromatic N) is 7. The van der Waals surface area contributed by atoms with Crippen LogP contribution in [0.2, 0.25) is 0 Å². The summed E-state index contributed by atoms with van der Waals surface area (Å²) < 4.78 is 3.44. The van der Waals surface area contributed by atoms with Crippen LogP contribution in [0.5, 0.6) is 0 Å². The molecule has 5 rings (SSSR count). The summed E-state index contributed by atoms with van der Waals surface area (Å²) in [5.74, 6) is -0.556. The van der Waals surface area contributed by atoms with Crippen molar-refractivity contribution in [2.24, 2.45) is 5.73 Å². The van der Waals surface area contributed by atoms with E-state index in [1.165, 1.54) is 11.0 Å². The van der Waals surface area contributed by atoms with Crippen molar-refractivity contribution < 1.29 is 9.90 Å². The van der Waals surface area contributed by atoms with E-state index in [0.717, 1.165) is 47.9 Å². The van der Waals surface area contributed by atoms with Crippen LogP contribution in [0, 0.1) is 0 Å². The fourth-order valence-electron chi connectivity index (χ4n) is 3.59. The lowest BCUT2D eigenvalue weighted by Gasteiger charge is -2.17. The predicted molar refractivity (Wildman–Crippen MR) is 105 cm³/mol. The van der Waals surface area contributed by atoms with Crippen molar-refractivity contribution in [3.8, 4) is 16.9 Å². The van der Waals surface area contributed by atoms with Crippen molar-refractivity contribution in [1.82, 2.24) is 29.1 Å². The first kappa shape index (κ1) is 17.3. The standard InChI is InChI=1S/C19H18N8O2/c20-13-5-7-25(10-13)17-18-22-9-15(26(18)8-6-21-17)12-1-3-14(4-2-12)27-11-23-16(24-27)19(28)29/h1-4,6,8-9,11,13H,5,7,10,20H2,(H,28,29)/t13-/m0/s1.